The first-order valence-electron chi connectivity index (χ1n) is 6.20. The van der Waals surface area contributed by atoms with Crippen LogP contribution in [-0.2, 0) is 7.05 Å². The Kier molecular flexibility index (Phi) is 3.45. The van der Waals surface area contributed by atoms with Gasteiger partial charge in [0.15, 0.2) is 0 Å². The number of aryl methyl sites for hydroxylation is 1. The fraction of sp³-hybridized carbons (Fsp3) is 0.385. The average Bonchev–Trinajstić information content (AvgIpc) is 3.08. The highest BCUT2D eigenvalue weighted by molar-refractivity contribution is 9.10. The van der Waals surface area contributed by atoms with Gasteiger partial charge in [-0.25, -0.2) is 0 Å². The lowest BCUT2D eigenvalue weighted by molar-refractivity contribution is 0.0725. The number of aromatic nitrogens is 2. The summed E-state index contributed by atoms with van der Waals surface area (Å²) < 4.78 is 2.40. The van der Waals surface area contributed by atoms with Crippen molar-refractivity contribution in [1.29, 1.82) is 0 Å². The molecule has 3 rings (SSSR count). The van der Waals surface area contributed by atoms with E-state index in [1.54, 1.807) is 29.3 Å². The maximum Gasteiger partial charge on any atom is 0.273 e. The van der Waals surface area contributed by atoms with Crippen LogP contribution in [0.5, 0.6) is 0 Å². The van der Waals surface area contributed by atoms with E-state index in [4.69, 9.17) is 0 Å². The van der Waals surface area contributed by atoms with Crippen LogP contribution in [0.3, 0.4) is 0 Å². The zero-order valence-electron chi connectivity index (χ0n) is 10.5. The molecule has 0 unspecified atom stereocenters. The molecule has 2 aromatic rings. The monoisotopic (exact) mass is 339 g/mol. The van der Waals surface area contributed by atoms with Crippen LogP contribution in [0.25, 0.3) is 0 Å². The van der Waals surface area contributed by atoms with Crippen molar-refractivity contribution in [3.05, 3.63) is 38.8 Å². The lowest BCUT2D eigenvalue weighted by Gasteiger charge is -2.24. The van der Waals surface area contributed by atoms with Gasteiger partial charge in [-0.05, 0) is 40.2 Å². The van der Waals surface area contributed by atoms with Gasteiger partial charge in [-0.15, -0.1) is 11.3 Å². The van der Waals surface area contributed by atoms with Crippen LogP contribution in [-0.4, -0.2) is 27.1 Å². The Labute approximate surface area is 124 Å². The molecule has 2 aromatic heterocycles. The Morgan fingerprint density at radius 3 is 3.05 bits per heavy atom. The molecular formula is C13H14BrN3OS. The van der Waals surface area contributed by atoms with Gasteiger partial charge < -0.3 is 4.90 Å². The summed E-state index contributed by atoms with van der Waals surface area (Å²) in [6, 6.07) is 4.37. The highest BCUT2D eigenvalue weighted by Crippen LogP contribution is 2.36. The molecule has 100 valence electrons. The fourth-order valence-electron chi connectivity index (χ4n) is 2.57. The number of hydrogen-bond acceptors (Lipinski definition) is 3. The number of hydrogen-bond donors (Lipinski definition) is 0. The van der Waals surface area contributed by atoms with Gasteiger partial charge in [-0.1, -0.05) is 6.07 Å². The predicted molar refractivity (Wildman–Crippen MR) is 78.2 cm³/mol. The summed E-state index contributed by atoms with van der Waals surface area (Å²) in [4.78, 5) is 15.9. The van der Waals surface area contributed by atoms with E-state index in [0.29, 0.717) is 5.69 Å². The summed E-state index contributed by atoms with van der Waals surface area (Å²) in [6.07, 6.45) is 3.77. The second kappa shape index (κ2) is 5.09. The molecule has 3 heterocycles. The van der Waals surface area contributed by atoms with Gasteiger partial charge >= 0.3 is 0 Å². The number of nitrogens with zero attached hydrogens (tertiary/aromatic N) is 3. The van der Waals surface area contributed by atoms with Crippen molar-refractivity contribution in [3.8, 4) is 0 Å². The van der Waals surface area contributed by atoms with Crippen LogP contribution in [0.2, 0.25) is 0 Å². The number of thiophene rings is 1. The number of halogens is 1. The standard InChI is InChI=1S/C13H14BrN3OS/c1-16-12(9(14)8-15-16)13(18)17-6-2-4-10(17)11-5-3-7-19-11/h3,5,7-8,10H,2,4,6H2,1H3/t10-/m0/s1. The van der Waals surface area contributed by atoms with E-state index in [2.05, 4.69) is 32.5 Å². The molecule has 0 aliphatic carbocycles. The minimum absolute atomic E-state index is 0.0581. The van der Waals surface area contributed by atoms with E-state index in [0.717, 1.165) is 23.9 Å². The normalized spacial score (nSPS) is 19.1. The van der Waals surface area contributed by atoms with E-state index in [-0.39, 0.29) is 11.9 Å². The maximum absolute atomic E-state index is 12.7. The van der Waals surface area contributed by atoms with E-state index in [1.807, 2.05) is 11.0 Å². The lowest BCUT2D eigenvalue weighted by Crippen LogP contribution is -2.31. The molecule has 4 nitrogen and oxygen atoms in total. The van der Waals surface area contributed by atoms with Gasteiger partial charge in [0.2, 0.25) is 0 Å². The summed E-state index contributed by atoms with van der Waals surface area (Å²) in [5.41, 5.74) is 0.628. The molecule has 0 bridgehead atoms. The zero-order chi connectivity index (χ0) is 13.4. The molecule has 19 heavy (non-hydrogen) atoms. The number of amides is 1. The summed E-state index contributed by atoms with van der Waals surface area (Å²) in [5, 5.41) is 6.19. The van der Waals surface area contributed by atoms with Crippen molar-refractivity contribution in [1.82, 2.24) is 14.7 Å². The van der Waals surface area contributed by atoms with Gasteiger partial charge in [-0.2, -0.15) is 5.10 Å². The minimum atomic E-state index is 0.0581. The molecule has 1 aliphatic rings. The minimum Gasteiger partial charge on any atom is -0.329 e. The van der Waals surface area contributed by atoms with Crippen molar-refractivity contribution < 1.29 is 4.79 Å². The zero-order valence-corrected chi connectivity index (χ0v) is 12.9. The summed E-state index contributed by atoms with van der Waals surface area (Å²) in [6.45, 7) is 0.818. The summed E-state index contributed by atoms with van der Waals surface area (Å²) in [5.74, 6) is 0.0581. The Morgan fingerprint density at radius 1 is 1.58 bits per heavy atom. The molecule has 1 atom stereocenters. The topological polar surface area (TPSA) is 38.1 Å². The van der Waals surface area contributed by atoms with E-state index < -0.39 is 0 Å². The second-order valence-electron chi connectivity index (χ2n) is 4.64. The fourth-order valence-corrected chi connectivity index (χ4v) is 3.97. The number of carbonyl (C=O) groups is 1. The van der Waals surface area contributed by atoms with Crippen LogP contribution in [0.15, 0.2) is 28.2 Å². The van der Waals surface area contributed by atoms with Gasteiger partial charge in [0.1, 0.15) is 5.69 Å². The van der Waals surface area contributed by atoms with Crippen molar-refractivity contribution in [2.24, 2.45) is 7.05 Å². The van der Waals surface area contributed by atoms with Crippen LogP contribution in [0, 0.1) is 0 Å². The molecule has 1 fully saturated rings. The number of likely N-dealkylation sites (tertiary alicyclic amines) is 1. The largest absolute Gasteiger partial charge is 0.329 e. The van der Waals surface area contributed by atoms with Crippen molar-refractivity contribution in [2.75, 3.05) is 6.54 Å². The van der Waals surface area contributed by atoms with Gasteiger partial charge in [0, 0.05) is 18.5 Å². The molecule has 0 radical (unpaired) electrons. The smallest absolute Gasteiger partial charge is 0.273 e. The molecule has 1 saturated heterocycles. The molecule has 1 aliphatic heterocycles. The Morgan fingerprint density at radius 2 is 2.42 bits per heavy atom. The molecule has 6 heteroatoms. The third kappa shape index (κ3) is 2.23. The van der Waals surface area contributed by atoms with Crippen molar-refractivity contribution in [3.63, 3.8) is 0 Å². The first-order chi connectivity index (χ1) is 9.18. The van der Waals surface area contributed by atoms with Gasteiger partial charge in [0.25, 0.3) is 5.91 Å². The Bertz CT molecular complexity index is 574. The highest BCUT2D eigenvalue weighted by Gasteiger charge is 2.33. The highest BCUT2D eigenvalue weighted by atomic mass is 79.9. The van der Waals surface area contributed by atoms with Crippen LogP contribution in [0.4, 0.5) is 0 Å². The Balaban J connectivity index is 1.91. The molecular weight excluding hydrogens is 326 g/mol. The van der Waals surface area contributed by atoms with E-state index in [9.17, 15) is 4.79 Å². The van der Waals surface area contributed by atoms with Gasteiger partial charge in [-0.3, -0.25) is 9.48 Å². The van der Waals surface area contributed by atoms with Crippen LogP contribution in [0.1, 0.15) is 34.2 Å². The second-order valence-corrected chi connectivity index (χ2v) is 6.47. The molecule has 1 amide bonds. The van der Waals surface area contributed by atoms with Crippen LogP contribution < -0.4 is 0 Å². The van der Waals surface area contributed by atoms with Gasteiger partial charge in [0.05, 0.1) is 16.7 Å². The molecule has 0 aromatic carbocycles. The third-order valence-electron chi connectivity index (χ3n) is 3.48. The quantitative estimate of drug-likeness (QED) is 0.842. The third-order valence-corrected chi connectivity index (χ3v) is 5.04. The Hall–Kier alpha value is -1.14. The summed E-state index contributed by atoms with van der Waals surface area (Å²) in [7, 11) is 1.80. The van der Waals surface area contributed by atoms with Crippen molar-refractivity contribution >= 4 is 33.2 Å². The van der Waals surface area contributed by atoms with Crippen molar-refractivity contribution in [2.45, 2.75) is 18.9 Å². The van der Waals surface area contributed by atoms with Crippen LogP contribution >= 0.6 is 27.3 Å². The van der Waals surface area contributed by atoms with E-state index >= 15 is 0 Å². The first-order valence-corrected chi connectivity index (χ1v) is 7.87. The molecule has 0 N–H and O–H groups in total. The van der Waals surface area contributed by atoms with E-state index in [1.165, 1.54) is 4.88 Å². The SMILES string of the molecule is Cn1ncc(Br)c1C(=O)N1CCC[C@H]1c1cccs1. The number of carbonyl (C=O) groups excluding carboxylic acids is 1. The number of rotatable bonds is 2. The summed E-state index contributed by atoms with van der Waals surface area (Å²) >= 11 is 5.12. The molecule has 0 saturated carbocycles. The maximum atomic E-state index is 12.7. The predicted octanol–water partition coefficient (Wildman–Crippen LogP) is 3.22. The lowest BCUT2D eigenvalue weighted by atomic mass is 10.2. The average molecular weight is 340 g/mol. The first kappa shape index (κ1) is 12.9. The molecule has 0 spiro atoms.